The second kappa shape index (κ2) is 6.57. The molecule has 0 saturated heterocycles. The standard InChI is InChI=1S/C10H17N3/c11-6-3-7-12-9-5-10-4-1-2-8-13-10/h1-2,4,8,12H,3,5-7,9,11H2. The highest BCUT2D eigenvalue weighted by molar-refractivity contribution is 5.03. The summed E-state index contributed by atoms with van der Waals surface area (Å²) in [6, 6.07) is 6.00. The summed E-state index contributed by atoms with van der Waals surface area (Å²) in [5.41, 5.74) is 6.51. The van der Waals surface area contributed by atoms with Crippen molar-refractivity contribution in [2.24, 2.45) is 5.73 Å². The van der Waals surface area contributed by atoms with Gasteiger partial charge in [-0.15, -0.1) is 0 Å². The summed E-state index contributed by atoms with van der Waals surface area (Å²) < 4.78 is 0. The molecule has 0 saturated carbocycles. The highest BCUT2D eigenvalue weighted by Gasteiger charge is 1.91. The minimum Gasteiger partial charge on any atom is -0.330 e. The van der Waals surface area contributed by atoms with Crippen molar-refractivity contribution in [3.63, 3.8) is 0 Å². The zero-order chi connectivity index (χ0) is 9.36. The average Bonchev–Trinajstić information content (AvgIpc) is 2.19. The molecule has 0 fully saturated rings. The zero-order valence-corrected chi connectivity index (χ0v) is 7.87. The van der Waals surface area contributed by atoms with Gasteiger partial charge in [0.2, 0.25) is 0 Å². The van der Waals surface area contributed by atoms with Gasteiger partial charge < -0.3 is 11.1 Å². The molecule has 3 nitrogen and oxygen atoms in total. The number of nitrogens with zero attached hydrogens (tertiary/aromatic N) is 1. The van der Waals surface area contributed by atoms with Crippen molar-refractivity contribution < 1.29 is 0 Å². The Morgan fingerprint density at radius 3 is 2.92 bits per heavy atom. The normalized spacial score (nSPS) is 10.2. The topological polar surface area (TPSA) is 50.9 Å². The molecule has 0 aliphatic rings. The quantitative estimate of drug-likeness (QED) is 0.627. The lowest BCUT2D eigenvalue weighted by Crippen LogP contribution is -2.21. The summed E-state index contributed by atoms with van der Waals surface area (Å²) in [4.78, 5) is 4.23. The summed E-state index contributed by atoms with van der Waals surface area (Å²) >= 11 is 0. The van der Waals surface area contributed by atoms with Crippen LogP contribution in [0.5, 0.6) is 0 Å². The third kappa shape index (κ3) is 4.60. The molecule has 0 aliphatic carbocycles. The molecule has 0 aliphatic heterocycles. The number of hydrogen-bond acceptors (Lipinski definition) is 3. The highest BCUT2D eigenvalue weighted by Crippen LogP contribution is 1.92. The molecule has 3 N–H and O–H groups in total. The van der Waals surface area contributed by atoms with E-state index in [9.17, 15) is 0 Å². The fourth-order valence-corrected chi connectivity index (χ4v) is 1.11. The van der Waals surface area contributed by atoms with E-state index in [4.69, 9.17) is 5.73 Å². The van der Waals surface area contributed by atoms with Crippen molar-refractivity contribution in [1.82, 2.24) is 10.3 Å². The van der Waals surface area contributed by atoms with Gasteiger partial charge in [-0.25, -0.2) is 0 Å². The van der Waals surface area contributed by atoms with Gasteiger partial charge in [0.1, 0.15) is 0 Å². The highest BCUT2D eigenvalue weighted by atomic mass is 14.9. The van der Waals surface area contributed by atoms with Crippen LogP contribution in [0.1, 0.15) is 12.1 Å². The van der Waals surface area contributed by atoms with Crippen LogP contribution in [0.3, 0.4) is 0 Å². The molecule has 0 spiro atoms. The molecule has 0 amide bonds. The Labute approximate surface area is 79.4 Å². The monoisotopic (exact) mass is 179 g/mol. The average molecular weight is 179 g/mol. The molecule has 1 aromatic heterocycles. The minimum absolute atomic E-state index is 0.761. The van der Waals surface area contributed by atoms with E-state index in [1.165, 1.54) is 0 Å². The van der Waals surface area contributed by atoms with Crippen molar-refractivity contribution in [1.29, 1.82) is 0 Å². The molecule has 13 heavy (non-hydrogen) atoms. The summed E-state index contributed by atoms with van der Waals surface area (Å²) in [6.45, 7) is 2.75. The SMILES string of the molecule is NCCCNCCc1ccccn1. The van der Waals surface area contributed by atoms with Crippen LogP contribution in [0.2, 0.25) is 0 Å². The van der Waals surface area contributed by atoms with Gasteiger partial charge in [-0.05, 0) is 31.6 Å². The van der Waals surface area contributed by atoms with E-state index in [0.717, 1.165) is 38.2 Å². The molecular formula is C10H17N3. The maximum Gasteiger partial charge on any atom is 0.0416 e. The molecular weight excluding hydrogens is 162 g/mol. The number of aromatic nitrogens is 1. The van der Waals surface area contributed by atoms with E-state index in [2.05, 4.69) is 10.3 Å². The van der Waals surface area contributed by atoms with Gasteiger partial charge in [-0.2, -0.15) is 0 Å². The van der Waals surface area contributed by atoms with Gasteiger partial charge in [0, 0.05) is 24.9 Å². The first-order valence-corrected chi connectivity index (χ1v) is 4.74. The zero-order valence-electron chi connectivity index (χ0n) is 7.87. The van der Waals surface area contributed by atoms with Gasteiger partial charge in [-0.3, -0.25) is 4.98 Å². The number of nitrogens with one attached hydrogen (secondary N) is 1. The third-order valence-electron chi connectivity index (χ3n) is 1.84. The smallest absolute Gasteiger partial charge is 0.0416 e. The molecule has 0 aromatic carbocycles. The number of pyridine rings is 1. The van der Waals surface area contributed by atoms with E-state index >= 15 is 0 Å². The fraction of sp³-hybridized carbons (Fsp3) is 0.500. The Balaban J connectivity index is 2.07. The second-order valence-corrected chi connectivity index (χ2v) is 2.96. The first-order valence-electron chi connectivity index (χ1n) is 4.74. The maximum absolute atomic E-state index is 5.37. The Morgan fingerprint density at radius 2 is 2.23 bits per heavy atom. The molecule has 72 valence electrons. The Morgan fingerprint density at radius 1 is 1.31 bits per heavy atom. The molecule has 0 unspecified atom stereocenters. The Hall–Kier alpha value is -0.930. The molecule has 1 aromatic rings. The first kappa shape index (κ1) is 10.2. The fourth-order valence-electron chi connectivity index (χ4n) is 1.11. The van der Waals surface area contributed by atoms with E-state index in [-0.39, 0.29) is 0 Å². The molecule has 1 rings (SSSR count). The lowest BCUT2D eigenvalue weighted by molar-refractivity contribution is 0.648. The lowest BCUT2D eigenvalue weighted by Gasteiger charge is -2.02. The van der Waals surface area contributed by atoms with E-state index in [1.54, 1.807) is 0 Å². The van der Waals surface area contributed by atoms with Crippen LogP contribution in [-0.2, 0) is 6.42 Å². The summed E-state index contributed by atoms with van der Waals surface area (Å²) in [5, 5.41) is 3.31. The van der Waals surface area contributed by atoms with E-state index in [0.29, 0.717) is 0 Å². The third-order valence-corrected chi connectivity index (χ3v) is 1.84. The van der Waals surface area contributed by atoms with Crippen LogP contribution in [-0.4, -0.2) is 24.6 Å². The van der Waals surface area contributed by atoms with Crippen molar-refractivity contribution in [3.8, 4) is 0 Å². The van der Waals surface area contributed by atoms with Crippen LogP contribution < -0.4 is 11.1 Å². The second-order valence-electron chi connectivity index (χ2n) is 2.96. The molecule has 3 heteroatoms. The van der Waals surface area contributed by atoms with Crippen LogP contribution in [0.15, 0.2) is 24.4 Å². The van der Waals surface area contributed by atoms with Crippen molar-refractivity contribution in [2.75, 3.05) is 19.6 Å². The molecule has 0 radical (unpaired) electrons. The van der Waals surface area contributed by atoms with Gasteiger partial charge in [0.15, 0.2) is 0 Å². The van der Waals surface area contributed by atoms with Gasteiger partial charge in [0.25, 0.3) is 0 Å². The van der Waals surface area contributed by atoms with Crippen LogP contribution >= 0.6 is 0 Å². The van der Waals surface area contributed by atoms with Gasteiger partial charge in [0.05, 0.1) is 0 Å². The predicted octanol–water partition coefficient (Wildman–Crippen LogP) is 0.562. The maximum atomic E-state index is 5.37. The van der Waals surface area contributed by atoms with Gasteiger partial charge in [-0.1, -0.05) is 6.07 Å². The number of nitrogens with two attached hydrogens (primary N) is 1. The summed E-state index contributed by atoms with van der Waals surface area (Å²) in [5.74, 6) is 0. The van der Waals surface area contributed by atoms with Crippen LogP contribution in [0.25, 0.3) is 0 Å². The van der Waals surface area contributed by atoms with E-state index < -0.39 is 0 Å². The lowest BCUT2D eigenvalue weighted by atomic mass is 10.3. The Kier molecular flexibility index (Phi) is 5.13. The summed E-state index contributed by atoms with van der Waals surface area (Å²) in [7, 11) is 0. The summed E-state index contributed by atoms with van der Waals surface area (Å²) in [6.07, 6.45) is 3.86. The van der Waals surface area contributed by atoms with Gasteiger partial charge >= 0.3 is 0 Å². The number of rotatable bonds is 6. The van der Waals surface area contributed by atoms with Crippen LogP contribution in [0, 0.1) is 0 Å². The van der Waals surface area contributed by atoms with Crippen molar-refractivity contribution >= 4 is 0 Å². The molecule has 0 bridgehead atoms. The van der Waals surface area contributed by atoms with E-state index in [1.807, 2.05) is 24.4 Å². The van der Waals surface area contributed by atoms with Crippen LogP contribution in [0.4, 0.5) is 0 Å². The predicted molar refractivity (Wildman–Crippen MR) is 54.5 cm³/mol. The molecule has 1 heterocycles. The number of hydrogen-bond donors (Lipinski definition) is 2. The first-order chi connectivity index (χ1) is 6.43. The van der Waals surface area contributed by atoms with Crippen molar-refractivity contribution in [3.05, 3.63) is 30.1 Å². The minimum atomic E-state index is 0.761. The Bertz CT molecular complexity index is 211. The largest absolute Gasteiger partial charge is 0.330 e. The molecule has 0 atom stereocenters. The van der Waals surface area contributed by atoms with Crippen molar-refractivity contribution in [2.45, 2.75) is 12.8 Å².